The van der Waals surface area contributed by atoms with Crippen molar-refractivity contribution < 1.29 is 9.66 Å². The lowest BCUT2D eigenvalue weighted by Gasteiger charge is -2.09. The van der Waals surface area contributed by atoms with Crippen molar-refractivity contribution in [1.29, 1.82) is 0 Å². The molecule has 2 aromatic rings. The van der Waals surface area contributed by atoms with Gasteiger partial charge in [0, 0.05) is 18.7 Å². The summed E-state index contributed by atoms with van der Waals surface area (Å²) in [6.07, 6.45) is 3.05. The summed E-state index contributed by atoms with van der Waals surface area (Å²) in [6, 6.07) is 3.11. The third kappa shape index (κ3) is 2.82. The number of nitro benzene ring substituents is 1. The second-order valence-electron chi connectivity index (χ2n) is 4.26. The molecule has 0 saturated heterocycles. The standard InChI is InChI=1S/C13H14N4O3/c1-8-5-11(9(2)4-10(8)17(18)19)20-13-7-15-6-12(14-3)16-13/h4-7H,1-3H3,(H,14,16). The van der Waals surface area contributed by atoms with Crippen LogP contribution in [-0.4, -0.2) is 21.9 Å². The predicted octanol–water partition coefficient (Wildman–Crippen LogP) is 2.84. The summed E-state index contributed by atoms with van der Waals surface area (Å²) in [5.41, 5.74) is 1.28. The van der Waals surface area contributed by atoms with E-state index in [1.807, 2.05) is 0 Å². The molecular formula is C13H14N4O3. The Bertz CT molecular complexity index is 658. The molecule has 0 amide bonds. The maximum Gasteiger partial charge on any atom is 0.272 e. The maximum absolute atomic E-state index is 10.9. The van der Waals surface area contributed by atoms with Crippen LogP contribution in [0.1, 0.15) is 11.1 Å². The Hall–Kier alpha value is -2.70. The smallest absolute Gasteiger partial charge is 0.272 e. The highest BCUT2D eigenvalue weighted by Gasteiger charge is 2.14. The largest absolute Gasteiger partial charge is 0.437 e. The van der Waals surface area contributed by atoms with E-state index in [-0.39, 0.29) is 5.69 Å². The molecule has 7 nitrogen and oxygen atoms in total. The lowest BCUT2D eigenvalue weighted by atomic mass is 10.1. The molecule has 0 radical (unpaired) electrons. The first-order valence-electron chi connectivity index (χ1n) is 5.94. The van der Waals surface area contributed by atoms with Gasteiger partial charge in [0.15, 0.2) is 0 Å². The van der Waals surface area contributed by atoms with Crippen LogP contribution in [0.5, 0.6) is 11.6 Å². The number of aryl methyl sites for hydroxylation is 2. The predicted molar refractivity (Wildman–Crippen MR) is 74.2 cm³/mol. The number of nitrogens with zero attached hydrogens (tertiary/aromatic N) is 3. The van der Waals surface area contributed by atoms with E-state index >= 15 is 0 Å². The van der Waals surface area contributed by atoms with Crippen LogP contribution in [0.15, 0.2) is 24.5 Å². The summed E-state index contributed by atoms with van der Waals surface area (Å²) in [5, 5.41) is 13.7. The molecule has 2 rings (SSSR count). The van der Waals surface area contributed by atoms with Crippen LogP contribution in [0.4, 0.5) is 11.5 Å². The monoisotopic (exact) mass is 274 g/mol. The molecule has 0 saturated carbocycles. The van der Waals surface area contributed by atoms with Gasteiger partial charge in [-0.3, -0.25) is 15.1 Å². The molecule has 1 heterocycles. The zero-order valence-electron chi connectivity index (χ0n) is 11.4. The second-order valence-corrected chi connectivity index (χ2v) is 4.26. The fraction of sp³-hybridized carbons (Fsp3) is 0.231. The SMILES string of the molecule is CNc1cncc(Oc2cc(C)c([N+](=O)[O-])cc2C)n1. The van der Waals surface area contributed by atoms with E-state index in [1.54, 1.807) is 33.2 Å². The van der Waals surface area contributed by atoms with Crippen LogP contribution in [0, 0.1) is 24.0 Å². The van der Waals surface area contributed by atoms with Crippen molar-refractivity contribution in [1.82, 2.24) is 9.97 Å². The van der Waals surface area contributed by atoms with Gasteiger partial charge in [-0.2, -0.15) is 4.98 Å². The molecule has 0 bridgehead atoms. The van der Waals surface area contributed by atoms with Crippen molar-refractivity contribution >= 4 is 11.5 Å². The van der Waals surface area contributed by atoms with Crippen molar-refractivity contribution in [3.05, 3.63) is 45.8 Å². The van der Waals surface area contributed by atoms with E-state index in [2.05, 4.69) is 15.3 Å². The number of rotatable bonds is 4. The summed E-state index contributed by atoms with van der Waals surface area (Å²) >= 11 is 0. The Kier molecular flexibility index (Phi) is 3.79. The lowest BCUT2D eigenvalue weighted by Crippen LogP contribution is -1.98. The quantitative estimate of drug-likeness (QED) is 0.681. The van der Waals surface area contributed by atoms with Gasteiger partial charge in [-0.1, -0.05) is 0 Å². The molecule has 0 atom stereocenters. The van der Waals surface area contributed by atoms with Gasteiger partial charge in [0.05, 0.1) is 17.3 Å². The van der Waals surface area contributed by atoms with Crippen LogP contribution < -0.4 is 10.1 Å². The average Bonchev–Trinajstić information content (AvgIpc) is 2.42. The minimum absolute atomic E-state index is 0.0740. The number of hydrogen-bond donors (Lipinski definition) is 1. The van der Waals surface area contributed by atoms with Crippen molar-refractivity contribution in [2.24, 2.45) is 0 Å². The van der Waals surface area contributed by atoms with Crippen LogP contribution in [0.25, 0.3) is 0 Å². The first-order chi connectivity index (χ1) is 9.51. The minimum Gasteiger partial charge on any atom is -0.437 e. The van der Waals surface area contributed by atoms with Gasteiger partial charge in [0.2, 0.25) is 5.88 Å². The summed E-state index contributed by atoms with van der Waals surface area (Å²) in [6.45, 7) is 3.41. The number of ether oxygens (including phenoxy) is 1. The summed E-state index contributed by atoms with van der Waals surface area (Å²) in [5.74, 6) is 1.43. The van der Waals surface area contributed by atoms with Gasteiger partial charge in [0.25, 0.3) is 5.69 Å². The highest BCUT2D eigenvalue weighted by Crippen LogP contribution is 2.30. The lowest BCUT2D eigenvalue weighted by molar-refractivity contribution is -0.385. The van der Waals surface area contributed by atoms with E-state index < -0.39 is 4.92 Å². The van der Waals surface area contributed by atoms with E-state index in [0.717, 1.165) is 0 Å². The van der Waals surface area contributed by atoms with E-state index in [0.29, 0.717) is 28.6 Å². The van der Waals surface area contributed by atoms with Crippen molar-refractivity contribution in [3.8, 4) is 11.6 Å². The Morgan fingerprint density at radius 3 is 2.65 bits per heavy atom. The zero-order valence-corrected chi connectivity index (χ0v) is 11.4. The highest BCUT2D eigenvalue weighted by molar-refractivity contribution is 5.50. The van der Waals surface area contributed by atoms with Crippen LogP contribution >= 0.6 is 0 Å². The Morgan fingerprint density at radius 1 is 1.25 bits per heavy atom. The van der Waals surface area contributed by atoms with Crippen LogP contribution in [0.3, 0.4) is 0 Å². The molecule has 1 aromatic carbocycles. The third-order valence-electron chi connectivity index (χ3n) is 2.77. The maximum atomic E-state index is 10.9. The highest BCUT2D eigenvalue weighted by atomic mass is 16.6. The zero-order chi connectivity index (χ0) is 14.7. The van der Waals surface area contributed by atoms with E-state index in [4.69, 9.17) is 4.74 Å². The van der Waals surface area contributed by atoms with Crippen LogP contribution in [0.2, 0.25) is 0 Å². The fourth-order valence-electron chi connectivity index (χ4n) is 1.71. The van der Waals surface area contributed by atoms with E-state index in [9.17, 15) is 10.1 Å². The molecule has 0 unspecified atom stereocenters. The first-order valence-corrected chi connectivity index (χ1v) is 5.94. The molecule has 0 aliphatic carbocycles. The molecule has 7 heteroatoms. The molecule has 0 fully saturated rings. The van der Waals surface area contributed by atoms with Gasteiger partial charge in [-0.15, -0.1) is 0 Å². The summed E-state index contributed by atoms with van der Waals surface area (Å²) in [7, 11) is 1.73. The third-order valence-corrected chi connectivity index (χ3v) is 2.77. The minimum atomic E-state index is -0.409. The molecule has 1 aromatic heterocycles. The number of benzene rings is 1. The van der Waals surface area contributed by atoms with Crippen molar-refractivity contribution in [3.63, 3.8) is 0 Å². The molecule has 0 spiro atoms. The van der Waals surface area contributed by atoms with Gasteiger partial charge in [-0.05, 0) is 25.5 Å². The Balaban J connectivity index is 2.34. The van der Waals surface area contributed by atoms with Gasteiger partial charge < -0.3 is 10.1 Å². The molecule has 0 aliphatic heterocycles. The van der Waals surface area contributed by atoms with Gasteiger partial charge >= 0.3 is 0 Å². The van der Waals surface area contributed by atoms with Gasteiger partial charge in [0.1, 0.15) is 11.6 Å². The summed E-state index contributed by atoms with van der Waals surface area (Å²) in [4.78, 5) is 18.6. The normalized spacial score (nSPS) is 10.2. The fourth-order valence-corrected chi connectivity index (χ4v) is 1.71. The number of nitro groups is 1. The van der Waals surface area contributed by atoms with E-state index in [1.165, 1.54) is 12.3 Å². The number of hydrogen-bond acceptors (Lipinski definition) is 6. The number of nitrogens with one attached hydrogen (secondary N) is 1. The van der Waals surface area contributed by atoms with Crippen LogP contribution in [-0.2, 0) is 0 Å². The summed E-state index contributed by atoms with van der Waals surface area (Å²) < 4.78 is 5.63. The number of aromatic nitrogens is 2. The molecule has 20 heavy (non-hydrogen) atoms. The average molecular weight is 274 g/mol. The molecule has 104 valence electrons. The first kappa shape index (κ1) is 13.7. The Labute approximate surface area is 115 Å². The van der Waals surface area contributed by atoms with Crippen molar-refractivity contribution in [2.45, 2.75) is 13.8 Å². The van der Waals surface area contributed by atoms with Gasteiger partial charge in [-0.25, -0.2) is 0 Å². The molecule has 1 N–H and O–H groups in total. The van der Waals surface area contributed by atoms with Crippen molar-refractivity contribution in [2.75, 3.05) is 12.4 Å². The number of anilines is 1. The molecular weight excluding hydrogens is 260 g/mol. The second kappa shape index (κ2) is 5.52. The Morgan fingerprint density at radius 2 is 2.00 bits per heavy atom. The molecule has 0 aliphatic rings. The topological polar surface area (TPSA) is 90.2 Å².